The van der Waals surface area contributed by atoms with Gasteiger partial charge < -0.3 is 14.9 Å². The van der Waals surface area contributed by atoms with Gasteiger partial charge in [0.1, 0.15) is 0 Å². The predicted molar refractivity (Wildman–Crippen MR) is 76.0 cm³/mol. The van der Waals surface area contributed by atoms with Crippen molar-refractivity contribution in [3.8, 4) is 0 Å². The minimum atomic E-state index is -0.199. The van der Waals surface area contributed by atoms with Crippen LogP contribution in [-0.2, 0) is 0 Å². The molecule has 1 saturated heterocycles. The van der Waals surface area contributed by atoms with Gasteiger partial charge in [-0.3, -0.25) is 0 Å². The van der Waals surface area contributed by atoms with Crippen LogP contribution in [0.5, 0.6) is 0 Å². The van der Waals surface area contributed by atoms with Crippen LogP contribution < -0.4 is 0 Å². The fourth-order valence-corrected chi connectivity index (χ4v) is 3.73. The van der Waals surface area contributed by atoms with Gasteiger partial charge in [-0.05, 0) is 46.0 Å². The van der Waals surface area contributed by atoms with Crippen molar-refractivity contribution in [2.24, 2.45) is 5.92 Å². The molecule has 1 aliphatic heterocycles. The van der Waals surface area contributed by atoms with Crippen molar-refractivity contribution in [3.63, 3.8) is 0 Å². The Kier molecular flexibility index (Phi) is 5.08. The molecule has 0 aromatic rings. The average molecular weight is 268 g/mol. The largest absolute Gasteiger partial charge is 0.393 e. The van der Waals surface area contributed by atoms with E-state index >= 15 is 0 Å². The van der Waals surface area contributed by atoms with Crippen molar-refractivity contribution in [1.29, 1.82) is 0 Å². The van der Waals surface area contributed by atoms with Gasteiger partial charge in [0, 0.05) is 31.6 Å². The Labute approximate surface area is 116 Å². The highest BCUT2D eigenvalue weighted by molar-refractivity contribution is 5.75. The van der Waals surface area contributed by atoms with Crippen LogP contribution in [0, 0.1) is 5.92 Å². The lowest BCUT2D eigenvalue weighted by Crippen LogP contribution is -2.53. The highest BCUT2D eigenvalue weighted by Gasteiger charge is 2.39. The summed E-state index contributed by atoms with van der Waals surface area (Å²) in [5, 5.41) is 10.1. The third kappa shape index (κ3) is 3.04. The number of urea groups is 1. The van der Waals surface area contributed by atoms with Crippen LogP contribution in [0.25, 0.3) is 0 Å². The molecule has 3 atom stereocenters. The average Bonchev–Trinajstić information content (AvgIpc) is 2.86. The Morgan fingerprint density at radius 2 is 1.89 bits per heavy atom. The summed E-state index contributed by atoms with van der Waals surface area (Å²) in [4.78, 5) is 16.6. The van der Waals surface area contributed by atoms with E-state index in [0.717, 1.165) is 51.7 Å². The van der Waals surface area contributed by atoms with E-state index in [1.54, 1.807) is 0 Å². The molecule has 1 aliphatic carbocycles. The van der Waals surface area contributed by atoms with Gasteiger partial charge in [0.25, 0.3) is 0 Å². The number of carbonyl (C=O) groups is 1. The van der Waals surface area contributed by atoms with E-state index in [2.05, 4.69) is 4.90 Å². The molecular weight excluding hydrogens is 240 g/mol. The van der Waals surface area contributed by atoms with E-state index in [1.165, 1.54) is 6.42 Å². The van der Waals surface area contributed by atoms with Gasteiger partial charge >= 0.3 is 6.03 Å². The second-order valence-electron chi connectivity index (χ2n) is 5.87. The van der Waals surface area contributed by atoms with E-state index in [1.807, 2.05) is 18.7 Å². The number of nitrogens with zero attached hydrogens (tertiary/aromatic N) is 2. The zero-order chi connectivity index (χ0) is 13.8. The standard InChI is InChI=1S/C15H28N2O2/c1-3-16(4-2)15(19)17-11-6-5-9-13(17)12-8-7-10-14(12)18/h12-14,18H,3-11H2,1-2H3. The molecule has 19 heavy (non-hydrogen) atoms. The van der Waals surface area contributed by atoms with Crippen LogP contribution in [0.1, 0.15) is 52.4 Å². The van der Waals surface area contributed by atoms with Crippen molar-refractivity contribution in [2.45, 2.75) is 64.5 Å². The first-order chi connectivity index (χ1) is 9.19. The monoisotopic (exact) mass is 268 g/mol. The molecule has 0 aromatic heterocycles. The summed E-state index contributed by atoms with van der Waals surface area (Å²) in [5.41, 5.74) is 0. The van der Waals surface area contributed by atoms with Crippen LogP contribution in [0.4, 0.5) is 4.79 Å². The number of aliphatic hydroxyl groups is 1. The first-order valence-corrected chi connectivity index (χ1v) is 7.92. The first kappa shape index (κ1) is 14.6. The Morgan fingerprint density at radius 1 is 1.16 bits per heavy atom. The lowest BCUT2D eigenvalue weighted by molar-refractivity contribution is 0.0431. The first-order valence-electron chi connectivity index (χ1n) is 7.92. The summed E-state index contributed by atoms with van der Waals surface area (Å²) in [6.07, 6.45) is 6.25. The summed E-state index contributed by atoms with van der Waals surface area (Å²) < 4.78 is 0. The lowest BCUT2D eigenvalue weighted by Gasteiger charge is -2.42. The minimum Gasteiger partial charge on any atom is -0.393 e. The molecule has 2 aliphatic rings. The molecule has 0 aromatic carbocycles. The molecule has 2 amide bonds. The molecule has 1 N–H and O–H groups in total. The Hall–Kier alpha value is -0.770. The summed E-state index contributed by atoms with van der Waals surface area (Å²) in [6, 6.07) is 0.438. The van der Waals surface area contributed by atoms with Gasteiger partial charge in [0.2, 0.25) is 0 Å². The van der Waals surface area contributed by atoms with Gasteiger partial charge in [-0.15, -0.1) is 0 Å². The number of rotatable bonds is 3. The maximum absolute atomic E-state index is 12.6. The van der Waals surface area contributed by atoms with Crippen molar-refractivity contribution < 1.29 is 9.90 Å². The van der Waals surface area contributed by atoms with Crippen LogP contribution >= 0.6 is 0 Å². The van der Waals surface area contributed by atoms with Gasteiger partial charge in [0.05, 0.1) is 6.10 Å². The van der Waals surface area contributed by atoms with E-state index in [-0.39, 0.29) is 18.2 Å². The summed E-state index contributed by atoms with van der Waals surface area (Å²) in [5.74, 6) is 0.305. The van der Waals surface area contributed by atoms with Crippen molar-refractivity contribution in [1.82, 2.24) is 9.80 Å². The van der Waals surface area contributed by atoms with Gasteiger partial charge in [-0.1, -0.05) is 6.42 Å². The number of hydrogen-bond acceptors (Lipinski definition) is 2. The molecule has 110 valence electrons. The van der Waals surface area contributed by atoms with Crippen LogP contribution in [-0.4, -0.2) is 52.7 Å². The third-order valence-corrected chi connectivity index (χ3v) is 4.85. The number of piperidine rings is 1. The SMILES string of the molecule is CCN(CC)C(=O)N1CCCCC1C1CCCC1O. The quantitative estimate of drug-likeness (QED) is 0.854. The maximum atomic E-state index is 12.6. The molecule has 0 radical (unpaired) electrons. The smallest absolute Gasteiger partial charge is 0.320 e. The zero-order valence-electron chi connectivity index (χ0n) is 12.3. The molecular formula is C15H28N2O2. The molecule has 2 rings (SSSR count). The molecule has 4 heteroatoms. The van der Waals surface area contributed by atoms with Crippen molar-refractivity contribution >= 4 is 6.03 Å². The number of carbonyl (C=O) groups excluding carboxylic acids is 1. The molecule has 1 saturated carbocycles. The Bertz CT molecular complexity index is 305. The summed E-state index contributed by atoms with van der Waals surface area (Å²) >= 11 is 0. The van der Waals surface area contributed by atoms with Crippen LogP contribution in [0.2, 0.25) is 0 Å². The van der Waals surface area contributed by atoms with E-state index < -0.39 is 0 Å². The molecule has 3 unspecified atom stereocenters. The number of likely N-dealkylation sites (tertiary alicyclic amines) is 1. The number of amides is 2. The highest BCUT2D eigenvalue weighted by Crippen LogP contribution is 2.35. The molecule has 0 bridgehead atoms. The molecule has 4 nitrogen and oxygen atoms in total. The summed E-state index contributed by atoms with van der Waals surface area (Å²) in [7, 11) is 0. The predicted octanol–water partition coefficient (Wildman–Crippen LogP) is 2.46. The normalized spacial score (nSPS) is 31.5. The fraction of sp³-hybridized carbons (Fsp3) is 0.933. The van der Waals surface area contributed by atoms with E-state index in [4.69, 9.17) is 0 Å². The number of hydrogen-bond donors (Lipinski definition) is 1. The molecule has 1 heterocycles. The topological polar surface area (TPSA) is 43.8 Å². The van der Waals surface area contributed by atoms with Crippen molar-refractivity contribution in [3.05, 3.63) is 0 Å². The summed E-state index contributed by atoms with van der Waals surface area (Å²) in [6.45, 7) is 6.47. The second-order valence-corrected chi connectivity index (χ2v) is 5.87. The van der Waals surface area contributed by atoms with Gasteiger partial charge in [0.15, 0.2) is 0 Å². The van der Waals surface area contributed by atoms with Crippen LogP contribution in [0.3, 0.4) is 0 Å². The Balaban J connectivity index is 2.09. The van der Waals surface area contributed by atoms with Gasteiger partial charge in [-0.2, -0.15) is 0 Å². The molecule has 2 fully saturated rings. The fourth-order valence-electron chi connectivity index (χ4n) is 3.73. The zero-order valence-corrected chi connectivity index (χ0v) is 12.3. The molecule has 0 spiro atoms. The minimum absolute atomic E-state index is 0.175. The van der Waals surface area contributed by atoms with Crippen molar-refractivity contribution in [2.75, 3.05) is 19.6 Å². The second kappa shape index (κ2) is 6.60. The van der Waals surface area contributed by atoms with E-state index in [0.29, 0.717) is 5.92 Å². The maximum Gasteiger partial charge on any atom is 0.320 e. The highest BCUT2D eigenvalue weighted by atomic mass is 16.3. The van der Waals surface area contributed by atoms with Gasteiger partial charge in [-0.25, -0.2) is 4.79 Å². The lowest BCUT2D eigenvalue weighted by atomic mass is 9.88. The van der Waals surface area contributed by atoms with E-state index in [9.17, 15) is 9.90 Å². The third-order valence-electron chi connectivity index (χ3n) is 4.85. The number of aliphatic hydroxyl groups excluding tert-OH is 1. The van der Waals surface area contributed by atoms with Crippen LogP contribution in [0.15, 0.2) is 0 Å². The Morgan fingerprint density at radius 3 is 2.47 bits per heavy atom.